The summed E-state index contributed by atoms with van der Waals surface area (Å²) in [6, 6.07) is 9.11. The fraction of sp³-hybridized carbons (Fsp3) is 0.500. The highest BCUT2D eigenvalue weighted by atomic mass is 28.4. The number of benzene rings is 1. The fourth-order valence-corrected chi connectivity index (χ4v) is 4.43. The first-order valence-electron chi connectivity index (χ1n) is 7.15. The van der Waals surface area contributed by atoms with Gasteiger partial charge in [0.1, 0.15) is 0 Å². The summed E-state index contributed by atoms with van der Waals surface area (Å²) in [5.41, 5.74) is 2.26. The Morgan fingerprint density at radius 3 is 2.15 bits per heavy atom. The van der Waals surface area contributed by atoms with Crippen LogP contribution in [0.25, 0.3) is 6.08 Å². The van der Waals surface area contributed by atoms with Crippen LogP contribution < -0.4 is 0 Å². The average molecular weight is 294 g/mol. The number of hydrogen-bond donors (Lipinski definition) is 0. The molecule has 0 saturated heterocycles. The van der Waals surface area contributed by atoms with Crippen LogP contribution in [0.2, 0.25) is 6.04 Å². The van der Waals surface area contributed by atoms with E-state index < -0.39 is 8.80 Å². The minimum Gasteiger partial charge on any atom is -0.377 e. The van der Waals surface area contributed by atoms with Gasteiger partial charge in [-0.15, -0.1) is 0 Å². The van der Waals surface area contributed by atoms with E-state index in [0.29, 0.717) is 0 Å². The first-order valence-corrected chi connectivity index (χ1v) is 9.08. The van der Waals surface area contributed by atoms with E-state index >= 15 is 0 Å². The maximum Gasteiger partial charge on any atom is 0.500 e. The van der Waals surface area contributed by atoms with Gasteiger partial charge in [0.2, 0.25) is 0 Å². The van der Waals surface area contributed by atoms with Crippen LogP contribution in [0.1, 0.15) is 43.9 Å². The first kappa shape index (κ1) is 17.1. The van der Waals surface area contributed by atoms with Crippen molar-refractivity contribution in [2.24, 2.45) is 0 Å². The summed E-state index contributed by atoms with van der Waals surface area (Å²) in [5.74, 6) is 0. The van der Waals surface area contributed by atoms with Crippen LogP contribution in [0, 0.1) is 0 Å². The summed E-state index contributed by atoms with van der Waals surface area (Å²) in [6.07, 6.45) is 3.72. The summed E-state index contributed by atoms with van der Waals surface area (Å²) in [7, 11) is 0.807. The Hall–Kier alpha value is -0.943. The van der Waals surface area contributed by atoms with E-state index in [0.717, 1.165) is 30.0 Å². The van der Waals surface area contributed by atoms with E-state index in [1.165, 1.54) is 0 Å². The molecule has 0 N–H and O–H groups in total. The van der Waals surface area contributed by atoms with E-state index in [1.54, 1.807) is 14.2 Å². The molecule has 0 fully saturated rings. The molecule has 0 saturated carbocycles. The summed E-state index contributed by atoms with van der Waals surface area (Å²) in [5, 5.41) is 0. The van der Waals surface area contributed by atoms with Crippen LogP contribution in [0.3, 0.4) is 0 Å². The molecule has 0 aliphatic carbocycles. The smallest absolute Gasteiger partial charge is 0.377 e. The Bertz CT molecular complexity index is 399. The van der Waals surface area contributed by atoms with E-state index in [2.05, 4.69) is 44.7 Å². The second-order valence-corrected chi connectivity index (χ2v) is 7.65. The van der Waals surface area contributed by atoms with Crippen LogP contribution in [-0.2, 0) is 13.3 Å². The van der Waals surface area contributed by atoms with Gasteiger partial charge in [-0.1, -0.05) is 57.2 Å². The van der Waals surface area contributed by atoms with Crippen molar-refractivity contribution >= 4 is 14.9 Å². The van der Waals surface area contributed by atoms with Gasteiger partial charge in [-0.3, -0.25) is 0 Å². The summed E-state index contributed by atoms with van der Waals surface area (Å²) < 4.78 is 17.5. The molecule has 0 radical (unpaired) electrons. The summed E-state index contributed by atoms with van der Waals surface area (Å²) in [4.78, 5) is 0. The predicted molar refractivity (Wildman–Crippen MR) is 85.5 cm³/mol. The van der Waals surface area contributed by atoms with Crippen molar-refractivity contribution in [3.8, 4) is 0 Å². The summed E-state index contributed by atoms with van der Waals surface area (Å²) in [6.45, 7) is 8.00. The van der Waals surface area contributed by atoms with Crippen LogP contribution >= 0.6 is 0 Å². The van der Waals surface area contributed by atoms with Crippen molar-refractivity contribution in [1.29, 1.82) is 0 Å². The Kier molecular flexibility index (Phi) is 7.16. The third-order valence-electron chi connectivity index (χ3n) is 3.41. The third kappa shape index (κ3) is 4.28. The van der Waals surface area contributed by atoms with Gasteiger partial charge < -0.3 is 13.3 Å². The molecule has 1 aromatic carbocycles. The molecule has 20 heavy (non-hydrogen) atoms. The predicted octanol–water partition coefficient (Wildman–Crippen LogP) is 4.44. The lowest BCUT2D eigenvalue weighted by atomic mass is 10.1. The highest BCUT2D eigenvalue weighted by Gasteiger charge is 2.40. The minimum atomic E-state index is -2.55. The lowest BCUT2D eigenvalue weighted by molar-refractivity contribution is 0.0524. The normalized spacial score (nSPS) is 13.2. The molecule has 1 rings (SSSR count). The van der Waals surface area contributed by atoms with Crippen molar-refractivity contribution in [2.75, 3.05) is 14.2 Å². The molecule has 0 heterocycles. The highest BCUT2D eigenvalue weighted by molar-refractivity contribution is 6.60. The number of rotatable bonds is 9. The van der Waals surface area contributed by atoms with Gasteiger partial charge in [0.15, 0.2) is 0 Å². The lowest BCUT2D eigenvalue weighted by Crippen LogP contribution is -2.44. The molecule has 4 heteroatoms. The zero-order valence-electron chi connectivity index (χ0n) is 13.0. The Morgan fingerprint density at radius 2 is 1.75 bits per heavy atom. The van der Waals surface area contributed by atoms with Crippen LogP contribution in [0.15, 0.2) is 30.8 Å². The largest absolute Gasteiger partial charge is 0.500 e. The van der Waals surface area contributed by atoms with Gasteiger partial charge in [-0.25, -0.2) is 0 Å². The van der Waals surface area contributed by atoms with E-state index in [-0.39, 0.29) is 6.10 Å². The number of hydrogen-bond acceptors (Lipinski definition) is 3. The van der Waals surface area contributed by atoms with Crippen LogP contribution in [0.4, 0.5) is 0 Å². The minimum absolute atomic E-state index is 0.00646. The molecule has 0 aromatic heterocycles. The lowest BCUT2D eigenvalue weighted by Gasteiger charge is -2.30. The first-order chi connectivity index (χ1) is 9.64. The maximum atomic E-state index is 6.25. The van der Waals surface area contributed by atoms with Gasteiger partial charge in [0.05, 0.1) is 6.10 Å². The SMILES string of the molecule is C=Cc1ccc(C(CC)O[Si](CCC)(OC)OC)cc1. The summed E-state index contributed by atoms with van der Waals surface area (Å²) >= 11 is 0. The molecule has 1 aromatic rings. The third-order valence-corrected chi connectivity index (χ3v) is 6.41. The van der Waals surface area contributed by atoms with Crippen molar-refractivity contribution in [2.45, 2.75) is 38.8 Å². The van der Waals surface area contributed by atoms with Crippen molar-refractivity contribution in [3.63, 3.8) is 0 Å². The zero-order valence-corrected chi connectivity index (χ0v) is 14.0. The van der Waals surface area contributed by atoms with Crippen LogP contribution in [-0.4, -0.2) is 23.0 Å². The fourth-order valence-electron chi connectivity index (χ4n) is 2.20. The van der Waals surface area contributed by atoms with Crippen molar-refractivity contribution in [3.05, 3.63) is 42.0 Å². The Labute approximate surface area is 123 Å². The zero-order chi connectivity index (χ0) is 15.0. The molecule has 0 aliphatic rings. The topological polar surface area (TPSA) is 27.7 Å². The Morgan fingerprint density at radius 1 is 1.15 bits per heavy atom. The molecule has 0 spiro atoms. The van der Waals surface area contributed by atoms with Crippen molar-refractivity contribution < 1.29 is 13.3 Å². The molecule has 0 amide bonds. The van der Waals surface area contributed by atoms with E-state index in [4.69, 9.17) is 13.3 Å². The molecular weight excluding hydrogens is 268 g/mol. The molecule has 112 valence electrons. The molecular formula is C16H26O3Si. The molecule has 1 unspecified atom stereocenters. The monoisotopic (exact) mass is 294 g/mol. The van der Waals surface area contributed by atoms with Gasteiger partial charge in [0.25, 0.3) is 0 Å². The standard InChI is InChI=1S/C16H26O3Si/c1-6-13-20(17-4,18-5)19-16(8-3)15-11-9-14(7-2)10-12-15/h7,9-12,16H,2,6,8,13H2,1,3-5H3. The quantitative estimate of drug-likeness (QED) is 0.630. The average Bonchev–Trinajstić information content (AvgIpc) is 2.52. The Balaban J connectivity index is 2.90. The van der Waals surface area contributed by atoms with Crippen molar-refractivity contribution in [1.82, 2.24) is 0 Å². The highest BCUT2D eigenvalue weighted by Crippen LogP contribution is 2.29. The van der Waals surface area contributed by atoms with E-state index in [9.17, 15) is 0 Å². The maximum absolute atomic E-state index is 6.25. The van der Waals surface area contributed by atoms with Gasteiger partial charge in [0, 0.05) is 20.3 Å². The van der Waals surface area contributed by atoms with Gasteiger partial charge in [-0.05, 0) is 17.5 Å². The molecule has 1 atom stereocenters. The molecule has 3 nitrogen and oxygen atoms in total. The van der Waals surface area contributed by atoms with Gasteiger partial charge in [-0.2, -0.15) is 0 Å². The van der Waals surface area contributed by atoms with Gasteiger partial charge >= 0.3 is 8.80 Å². The molecule has 0 aliphatic heterocycles. The van der Waals surface area contributed by atoms with Crippen LogP contribution in [0.5, 0.6) is 0 Å². The second kappa shape index (κ2) is 8.37. The second-order valence-electron chi connectivity index (χ2n) is 4.73. The van der Waals surface area contributed by atoms with E-state index in [1.807, 2.05) is 6.08 Å². The molecule has 0 bridgehead atoms.